The minimum Gasteiger partial charge on any atom is -0.380 e. The molecule has 1 aromatic rings. The van der Waals surface area contributed by atoms with E-state index >= 15 is 0 Å². The highest BCUT2D eigenvalue weighted by molar-refractivity contribution is 5.51. The van der Waals surface area contributed by atoms with E-state index in [1.807, 2.05) is 0 Å². The Morgan fingerprint density at radius 1 is 1.15 bits per heavy atom. The minimum atomic E-state index is -4.26. The number of hydrogen-bond acceptors (Lipinski definition) is 3. The molecule has 1 N–H and O–H groups in total. The maximum absolute atomic E-state index is 13.4. The van der Waals surface area contributed by atoms with Crippen LogP contribution in [0.3, 0.4) is 0 Å². The van der Waals surface area contributed by atoms with Crippen LogP contribution in [-0.4, -0.2) is 17.6 Å². The van der Waals surface area contributed by atoms with Crippen molar-refractivity contribution < 1.29 is 26.9 Å². The molecule has 0 spiro atoms. The molecule has 9 heteroatoms. The van der Waals surface area contributed by atoms with Crippen molar-refractivity contribution in [2.45, 2.75) is 25.4 Å². The van der Waals surface area contributed by atoms with Gasteiger partial charge in [-0.15, -0.1) is 0 Å². The number of hydrogen-bond donors (Lipinski definition) is 1. The Bertz CT molecular complexity index is 467. The number of benzene rings is 1. The Morgan fingerprint density at radius 2 is 1.70 bits per heavy atom. The molecule has 0 atom stereocenters. The smallest absolute Gasteiger partial charge is 0.380 e. The van der Waals surface area contributed by atoms with Gasteiger partial charge in [-0.05, 0) is 12.8 Å². The SMILES string of the molecule is O=[N+]([O-])c1cc(F)c(NCCCCC(F)(F)F)c(F)c1. The molecule has 0 radical (unpaired) electrons. The maximum Gasteiger partial charge on any atom is 0.389 e. The molecule has 0 amide bonds. The highest BCUT2D eigenvalue weighted by Crippen LogP contribution is 2.25. The Kier molecular flexibility index (Phi) is 5.23. The third-order valence-corrected chi connectivity index (χ3v) is 2.43. The van der Waals surface area contributed by atoms with E-state index in [-0.39, 0.29) is 19.4 Å². The van der Waals surface area contributed by atoms with Crippen LogP contribution in [0.4, 0.5) is 33.3 Å². The Morgan fingerprint density at radius 3 is 2.15 bits per heavy atom. The van der Waals surface area contributed by atoms with Crippen LogP contribution in [0.5, 0.6) is 0 Å². The van der Waals surface area contributed by atoms with Crippen LogP contribution in [0.1, 0.15) is 19.3 Å². The molecular weight excluding hydrogens is 287 g/mol. The molecule has 0 bridgehead atoms. The Hall–Kier alpha value is -1.93. The summed E-state index contributed by atoms with van der Waals surface area (Å²) >= 11 is 0. The second-order valence-electron chi connectivity index (χ2n) is 4.04. The molecule has 112 valence electrons. The normalized spacial score (nSPS) is 11.4. The molecule has 0 fully saturated rings. The highest BCUT2D eigenvalue weighted by atomic mass is 19.4. The fourth-order valence-corrected chi connectivity index (χ4v) is 1.50. The summed E-state index contributed by atoms with van der Waals surface area (Å²) in [6.45, 7) is -0.0677. The third kappa shape index (κ3) is 4.98. The van der Waals surface area contributed by atoms with Crippen molar-refractivity contribution >= 4 is 11.4 Å². The van der Waals surface area contributed by atoms with Crippen LogP contribution in [0.25, 0.3) is 0 Å². The van der Waals surface area contributed by atoms with Crippen molar-refractivity contribution in [1.82, 2.24) is 0 Å². The van der Waals surface area contributed by atoms with Crippen molar-refractivity contribution in [3.05, 3.63) is 33.9 Å². The minimum absolute atomic E-state index is 0.0649. The third-order valence-electron chi connectivity index (χ3n) is 2.43. The van der Waals surface area contributed by atoms with E-state index < -0.39 is 40.5 Å². The van der Waals surface area contributed by atoms with Crippen LogP contribution in [-0.2, 0) is 0 Å². The van der Waals surface area contributed by atoms with E-state index in [1.165, 1.54) is 0 Å². The fourth-order valence-electron chi connectivity index (χ4n) is 1.50. The topological polar surface area (TPSA) is 55.2 Å². The van der Waals surface area contributed by atoms with Crippen molar-refractivity contribution in [3.63, 3.8) is 0 Å². The van der Waals surface area contributed by atoms with Crippen LogP contribution in [0.15, 0.2) is 12.1 Å². The van der Waals surface area contributed by atoms with Gasteiger partial charge in [-0.1, -0.05) is 0 Å². The first kappa shape index (κ1) is 16.1. The van der Waals surface area contributed by atoms with E-state index in [4.69, 9.17) is 0 Å². The molecule has 0 heterocycles. The van der Waals surface area contributed by atoms with Crippen molar-refractivity contribution in [2.24, 2.45) is 0 Å². The molecule has 0 aliphatic carbocycles. The van der Waals surface area contributed by atoms with Gasteiger partial charge in [0.05, 0.1) is 17.1 Å². The Balaban J connectivity index is 2.55. The van der Waals surface area contributed by atoms with Crippen LogP contribution in [0.2, 0.25) is 0 Å². The average molecular weight is 298 g/mol. The van der Waals surface area contributed by atoms with E-state index in [9.17, 15) is 32.1 Å². The number of unbranched alkanes of at least 4 members (excludes halogenated alkanes) is 1. The lowest BCUT2D eigenvalue weighted by Gasteiger charge is -2.09. The van der Waals surface area contributed by atoms with Gasteiger partial charge in [-0.2, -0.15) is 13.2 Å². The maximum atomic E-state index is 13.4. The first-order valence-corrected chi connectivity index (χ1v) is 5.65. The lowest BCUT2D eigenvalue weighted by Crippen LogP contribution is -2.10. The predicted octanol–water partition coefficient (Wildman–Crippen LogP) is 4.02. The molecule has 20 heavy (non-hydrogen) atoms. The number of non-ortho nitro benzene ring substituents is 1. The van der Waals surface area contributed by atoms with Gasteiger partial charge in [0.1, 0.15) is 5.69 Å². The summed E-state index contributed by atoms with van der Waals surface area (Å²) in [5.74, 6) is -2.32. The van der Waals surface area contributed by atoms with Crippen molar-refractivity contribution in [1.29, 1.82) is 0 Å². The zero-order valence-electron chi connectivity index (χ0n) is 10.1. The van der Waals surface area contributed by atoms with E-state index in [0.29, 0.717) is 12.1 Å². The second kappa shape index (κ2) is 6.49. The number of nitro groups is 1. The molecule has 0 unspecified atom stereocenters. The van der Waals surface area contributed by atoms with Gasteiger partial charge in [0.15, 0.2) is 11.6 Å². The zero-order valence-corrected chi connectivity index (χ0v) is 10.1. The van der Waals surface area contributed by atoms with Gasteiger partial charge < -0.3 is 5.32 Å². The van der Waals surface area contributed by atoms with Gasteiger partial charge in [0.25, 0.3) is 5.69 Å². The summed E-state index contributed by atoms with van der Waals surface area (Å²) in [6.07, 6.45) is -5.34. The van der Waals surface area contributed by atoms with Crippen LogP contribution >= 0.6 is 0 Å². The van der Waals surface area contributed by atoms with Crippen molar-refractivity contribution in [2.75, 3.05) is 11.9 Å². The van der Waals surface area contributed by atoms with Crippen LogP contribution < -0.4 is 5.32 Å². The number of rotatable bonds is 6. The summed E-state index contributed by atoms with van der Waals surface area (Å²) in [4.78, 5) is 9.41. The predicted molar refractivity (Wildman–Crippen MR) is 61.4 cm³/mol. The molecule has 0 saturated carbocycles. The molecule has 0 aromatic heterocycles. The number of nitrogens with zero attached hydrogens (tertiary/aromatic N) is 1. The van der Waals surface area contributed by atoms with E-state index in [1.54, 1.807) is 0 Å². The van der Waals surface area contributed by atoms with E-state index in [2.05, 4.69) is 5.32 Å². The van der Waals surface area contributed by atoms with Gasteiger partial charge in [0.2, 0.25) is 0 Å². The molecule has 0 saturated heterocycles. The molecule has 1 aromatic carbocycles. The molecule has 4 nitrogen and oxygen atoms in total. The summed E-state index contributed by atoms with van der Waals surface area (Å²) in [5.41, 5.74) is -1.31. The quantitative estimate of drug-likeness (QED) is 0.373. The number of nitrogens with one attached hydrogen (secondary N) is 1. The molecule has 0 aliphatic rings. The molecule has 0 aliphatic heterocycles. The standard InChI is InChI=1S/C11H11F5N2O2/c12-8-5-7(18(19)20)6-9(13)10(8)17-4-2-1-3-11(14,15)16/h5-6,17H,1-4H2. The summed E-state index contributed by atoms with van der Waals surface area (Å²) < 4.78 is 62.3. The number of alkyl halides is 3. The molecule has 1 rings (SSSR count). The summed E-state index contributed by atoms with van der Waals surface area (Å²) in [6, 6.07) is 1.09. The zero-order chi connectivity index (χ0) is 15.3. The average Bonchev–Trinajstić information content (AvgIpc) is 2.29. The van der Waals surface area contributed by atoms with Gasteiger partial charge in [-0.3, -0.25) is 10.1 Å². The van der Waals surface area contributed by atoms with Gasteiger partial charge in [0, 0.05) is 13.0 Å². The Labute approximate surface area is 110 Å². The summed E-state index contributed by atoms with van der Waals surface area (Å²) in [7, 11) is 0. The van der Waals surface area contributed by atoms with E-state index in [0.717, 1.165) is 0 Å². The molecular formula is C11H11F5N2O2. The number of halogens is 5. The lowest BCUT2D eigenvalue weighted by molar-refractivity contribution is -0.385. The van der Waals surface area contributed by atoms with Gasteiger partial charge >= 0.3 is 6.18 Å². The van der Waals surface area contributed by atoms with Gasteiger partial charge in [-0.25, -0.2) is 8.78 Å². The lowest BCUT2D eigenvalue weighted by atomic mass is 10.2. The second-order valence-corrected chi connectivity index (χ2v) is 4.04. The monoisotopic (exact) mass is 298 g/mol. The fraction of sp³-hybridized carbons (Fsp3) is 0.455. The number of anilines is 1. The van der Waals surface area contributed by atoms with Crippen molar-refractivity contribution in [3.8, 4) is 0 Å². The summed E-state index contributed by atoms with van der Waals surface area (Å²) in [5, 5.41) is 12.6. The number of nitro benzene ring substituents is 1. The highest BCUT2D eigenvalue weighted by Gasteiger charge is 2.25. The largest absolute Gasteiger partial charge is 0.389 e. The first-order chi connectivity index (χ1) is 9.20. The van der Waals surface area contributed by atoms with Crippen LogP contribution in [0, 0.1) is 21.7 Å². The first-order valence-electron chi connectivity index (χ1n) is 5.65.